The van der Waals surface area contributed by atoms with Gasteiger partial charge in [0, 0.05) is 47.0 Å². The van der Waals surface area contributed by atoms with Gasteiger partial charge in [0.05, 0.1) is 18.2 Å². The Kier molecular flexibility index (Phi) is 7.61. The molecule has 1 amide bonds. The van der Waals surface area contributed by atoms with Crippen LogP contribution in [-0.2, 0) is 4.79 Å². The van der Waals surface area contributed by atoms with Gasteiger partial charge in [0.1, 0.15) is 22.6 Å². The summed E-state index contributed by atoms with van der Waals surface area (Å²) >= 11 is 5.63. The van der Waals surface area contributed by atoms with Crippen LogP contribution in [0.5, 0.6) is 11.5 Å². The third kappa shape index (κ3) is 4.73. The number of benzene rings is 2. The fourth-order valence-electron chi connectivity index (χ4n) is 5.99. The van der Waals surface area contributed by atoms with Gasteiger partial charge in [-0.1, -0.05) is 69.6 Å². The minimum atomic E-state index is -0.179. The molecule has 1 unspecified atom stereocenters. The van der Waals surface area contributed by atoms with Gasteiger partial charge < -0.3 is 14.8 Å². The minimum absolute atomic E-state index is 0.0201. The van der Waals surface area contributed by atoms with Crippen LogP contribution in [0.15, 0.2) is 71.2 Å². The van der Waals surface area contributed by atoms with Gasteiger partial charge in [0.2, 0.25) is 0 Å². The van der Waals surface area contributed by atoms with E-state index >= 15 is 0 Å². The van der Waals surface area contributed by atoms with Crippen LogP contribution in [0.3, 0.4) is 0 Å². The van der Waals surface area contributed by atoms with Crippen molar-refractivity contribution in [3.8, 4) is 22.6 Å². The minimum Gasteiger partial charge on any atom is -0.496 e. The smallest absolute Gasteiger partial charge is 0.260 e. The summed E-state index contributed by atoms with van der Waals surface area (Å²) in [5, 5.41) is 3.68. The van der Waals surface area contributed by atoms with Crippen LogP contribution in [0.25, 0.3) is 16.7 Å². The molecule has 40 heavy (non-hydrogen) atoms. The maximum atomic E-state index is 13.0. The van der Waals surface area contributed by atoms with E-state index in [2.05, 4.69) is 55.8 Å². The van der Waals surface area contributed by atoms with Gasteiger partial charge in [-0.2, -0.15) is 0 Å². The van der Waals surface area contributed by atoms with E-state index in [0.29, 0.717) is 17.1 Å². The molecule has 4 aliphatic rings. The third-order valence-electron chi connectivity index (χ3n) is 7.66. The fourth-order valence-corrected chi connectivity index (χ4v) is 6.34. The first-order valence-electron chi connectivity index (χ1n) is 14.0. The topological polar surface area (TPSA) is 50.8 Å². The zero-order valence-corrected chi connectivity index (χ0v) is 24.9. The van der Waals surface area contributed by atoms with E-state index in [1.807, 2.05) is 32.0 Å². The Morgan fingerprint density at radius 2 is 1.88 bits per heavy atom. The number of hydrogen-bond donors (Lipinski definition) is 1. The van der Waals surface area contributed by atoms with E-state index in [1.165, 1.54) is 16.7 Å². The standard InChI is InChI=1S/C32H30N2O3S.C2H6/c1-19-17-32(2,3)18-33-23-15-14-22-28-24(36-4)11-7-12-25(28)37-26(29(22)27(19)23)13-8-16-34-30(35)20-9-5-6-10-21(20)31(34)38;1-2/h7,9-12,14-15,17,26,33H,8,13,16,18H2,1-4H3;1-2H3. The lowest BCUT2D eigenvalue weighted by Crippen LogP contribution is -2.32. The average Bonchev–Trinajstić information content (AvgIpc) is 3.12. The third-order valence-corrected chi connectivity index (χ3v) is 8.10. The van der Waals surface area contributed by atoms with Gasteiger partial charge in [-0.15, -0.1) is 0 Å². The fraction of sp³-hybridized carbons (Fsp3) is 0.353. The predicted octanol–water partition coefficient (Wildman–Crippen LogP) is 7.80. The quantitative estimate of drug-likeness (QED) is 0.303. The monoisotopic (exact) mass is 552 g/mol. The summed E-state index contributed by atoms with van der Waals surface area (Å²) in [6.07, 6.45) is 7.07. The van der Waals surface area contributed by atoms with Gasteiger partial charge in [-0.3, -0.25) is 9.69 Å². The van der Waals surface area contributed by atoms with Crippen molar-refractivity contribution >= 4 is 34.4 Å². The predicted molar refractivity (Wildman–Crippen MR) is 166 cm³/mol. The highest BCUT2D eigenvalue weighted by molar-refractivity contribution is 7.80. The van der Waals surface area contributed by atoms with Crippen molar-refractivity contribution in [3.05, 3.63) is 82.3 Å². The summed E-state index contributed by atoms with van der Waals surface area (Å²) in [6.45, 7) is 12.1. The number of carbonyl (C=O) groups is 1. The van der Waals surface area contributed by atoms with Crippen LogP contribution < -0.4 is 14.8 Å². The van der Waals surface area contributed by atoms with Gasteiger partial charge in [-0.05, 0) is 55.2 Å². The molecule has 1 atom stereocenters. The Hall–Kier alpha value is -3.82. The normalized spacial score (nSPS) is 19.3. The number of carbonyl (C=O) groups excluding carboxylic acids is 1. The number of methoxy groups -OCH3 is 1. The zero-order valence-electron chi connectivity index (χ0n) is 24.1. The summed E-state index contributed by atoms with van der Waals surface area (Å²) in [5.41, 5.74) is 14.0. The van der Waals surface area contributed by atoms with Crippen LogP contribution in [-0.4, -0.2) is 36.0 Å². The van der Waals surface area contributed by atoms with E-state index in [1.54, 1.807) is 24.2 Å². The number of rotatable bonds is 5. The van der Waals surface area contributed by atoms with Gasteiger partial charge >= 0.3 is 0 Å². The van der Waals surface area contributed by atoms with Crippen LogP contribution in [0.4, 0.5) is 5.69 Å². The Balaban J connectivity index is 0.00000158. The molecule has 2 aromatic carbocycles. The van der Waals surface area contributed by atoms with Crippen molar-refractivity contribution in [3.63, 3.8) is 0 Å². The number of hydrogen-bond acceptors (Lipinski definition) is 5. The summed E-state index contributed by atoms with van der Waals surface area (Å²) in [7, 11) is 1.70. The van der Waals surface area contributed by atoms with E-state index < -0.39 is 0 Å². The van der Waals surface area contributed by atoms with E-state index in [0.717, 1.165) is 53.3 Å². The van der Waals surface area contributed by atoms with Crippen LogP contribution in [0.1, 0.15) is 64.7 Å². The largest absolute Gasteiger partial charge is 0.496 e. The Labute approximate surface area is 242 Å². The summed E-state index contributed by atoms with van der Waals surface area (Å²) in [6, 6.07) is 10.3. The number of amides is 1. The van der Waals surface area contributed by atoms with Crippen molar-refractivity contribution in [2.75, 3.05) is 25.5 Å². The molecule has 3 heterocycles. The Morgan fingerprint density at radius 3 is 2.60 bits per heavy atom. The average molecular weight is 553 g/mol. The highest BCUT2D eigenvalue weighted by Crippen LogP contribution is 2.52. The number of nitrogens with zero attached hydrogens (tertiary/aromatic N) is 1. The lowest BCUT2D eigenvalue weighted by Gasteiger charge is -2.33. The zero-order chi connectivity index (χ0) is 28.6. The molecule has 1 aliphatic carbocycles. The number of thiocarbonyl (C=S) groups is 1. The molecule has 0 radical (unpaired) electrons. The molecule has 3 aliphatic heterocycles. The molecular formula is C34H36N2O3S. The highest BCUT2D eigenvalue weighted by atomic mass is 32.1. The van der Waals surface area contributed by atoms with Gasteiger partial charge in [0.25, 0.3) is 5.91 Å². The molecule has 206 valence electrons. The molecule has 1 N–H and O–H groups in total. The second-order valence-electron chi connectivity index (χ2n) is 10.9. The number of ether oxygens (including phenoxy) is 2. The van der Waals surface area contributed by atoms with Crippen molar-refractivity contribution in [2.45, 2.75) is 53.6 Å². The van der Waals surface area contributed by atoms with E-state index in [9.17, 15) is 4.79 Å². The van der Waals surface area contributed by atoms with E-state index in [-0.39, 0.29) is 17.4 Å². The second-order valence-corrected chi connectivity index (χ2v) is 11.3. The summed E-state index contributed by atoms with van der Waals surface area (Å²) in [4.78, 5) is 15.3. The second kappa shape index (κ2) is 11.0. The summed E-state index contributed by atoms with van der Waals surface area (Å²) in [5.74, 6) is 1.55. The van der Waals surface area contributed by atoms with Crippen molar-refractivity contribution in [1.82, 2.24) is 4.90 Å². The summed E-state index contributed by atoms with van der Waals surface area (Å²) < 4.78 is 12.5. The number of allylic oxidation sites excluding steroid dienone is 1. The van der Waals surface area contributed by atoms with Crippen molar-refractivity contribution < 1.29 is 14.3 Å². The van der Waals surface area contributed by atoms with Crippen LogP contribution in [0, 0.1) is 5.41 Å². The molecule has 6 heteroatoms. The number of anilines is 1. The van der Waals surface area contributed by atoms with Gasteiger partial charge in [0.15, 0.2) is 0 Å². The van der Waals surface area contributed by atoms with Crippen molar-refractivity contribution in [1.29, 1.82) is 0 Å². The lowest BCUT2D eigenvalue weighted by atomic mass is 9.83. The molecule has 2 aromatic rings. The SMILES string of the molecule is CC.COc1cccc2c1-c1ccc3c(c1C(CCCN1C(=O)C4=C(C=C=C=C4)C1=S)O2)C(C)=CC(C)(C)CN3. The first kappa shape index (κ1) is 27.7. The lowest BCUT2D eigenvalue weighted by molar-refractivity contribution is -0.122. The first-order valence-corrected chi connectivity index (χ1v) is 14.4. The number of fused-ring (bicyclic) bond motifs is 5. The molecular weight excluding hydrogens is 516 g/mol. The number of nitrogens with one attached hydrogen (secondary N) is 1. The molecule has 0 fully saturated rings. The molecule has 0 spiro atoms. The van der Waals surface area contributed by atoms with Crippen molar-refractivity contribution in [2.24, 2.45) is 5.41 Å². The molecule has 5 nitrogen and oxygen atoms in total. The van der Waals surface area contributed by atoms with Crippen LogP contribution in [0.2, 0.25) is 0 Å². The van der Waals surface area contributed by atoms with E-state index in [4.69, 9.17) is 21.7 Å². The molecule has 0 bridgehead atoms. The maximum Gasteiger partial charge on any atom is 0.260 e. The Bertz CT molecular complexity index is 1530. The first-order chi connectivity index (χ1) is 19.3. The highest BCUT2D eigenvalue weighted by Gasteiger charge is 2.36. The maximum absolute atomic E-state index is 13.0. The molecule has 0 saturated carbocycles. The molecule has 0 aromatic heterocycles. The molecule has 6 rings (SSSR count). The Morgan fingerprint density at radius 1 is 1.12 bits per heavy atom. The van der Waals surface area contributed by atoms with Crippen LogP contribution >= 0.6 is 12.2 Å². The van der Waals surface area contributed by atoms with Gasteiger partial charge in [-0.25, -0.2) is 0 Å². The molecule has 0 saturated heterocycles.